The van der Waals surface area contributed by atoms with Gasteiger partial charge < -0.3 is 0 Å². The minimum atomic E-state index is -0.284. The molecule has 0 N–H and O–H groups in total. The highest BCUT2D eigenvalue weighted by Crippen LogP contribution is 2.42. The van der Waals surface area contributed by atoms with Crippen LogP contribution in [0.2, 0.25) is 5.02 Å². The molecule has 25 heavy (non-hydrogen) atoms. The lowest BCUT2D eigenvalue weighted by atomic mass is 9.68. The van der Waals surface area contributed by atoms with E-state index in [1.807, 2.05) is 11.1 Å². The van der Waals surface area contributed by atoms with Gasteiger partial charge in [-0.1, -0.05) is 52.5 Å². The van der Waals surface area contributed by atoms with Crippen molar-refractivity contribution in [3.05, 3.63) is 45.7 Å². The Hall–Kier alpha value is -0.340. The quantitative estimate of drug-likeness (QED) is 0.447. The largest absolute Gasteiger partial charge is 0.205 e. The lowest BCUT2D eigenvalue weighted by molar-refractivity contribution is 0.153. The zero-order chi connectivity index (χ0) is 17.6. The molecule has 0 aliphatic heterocycles. The maximum Gasteiger partial charge on any atom is 0.142 e. The Labute approximate surface area is 165 Å². The molecule has 138 valence electrons. The Morgan fingerprint density at radius 3 is 2.24 bits per heavy atom. The van der Waals surface area contributed by atoms with E-state index in [-0.39, 0.29) is 10.8 Å². The highest BCUT2D eigenvalue weighted by molar-refractivity contribution is 9.11. The third-order valence-corrected chi connectivity index (χ3v) is 7.16. The molecule has 2 aliphatic carbocycles. The van der Waals surface area contributed by atoms with Crippen LogP contribution in [0.25, 0.3) is 0 Å². The summed E-state index contributed by atoms with van der Waals surface area (Å²) in [6.07, 6.45) is 15.6. The second kappa shape index (κ2) is 9.55. The lowest BCUT2D eigenvalue weighted by Crippen LogP contribution is -2.25. The summed E-state index contributed by atoms with van der Waals surface area (Å²) >= 11 is 9.18. The number of hydrogen-bond acceptors (Lipinski definition) is 0. The predicted molar refractivity (Wildman–Crippen MR) is 109 cm³/mol. The van der Waals surface area contributed by atoms with E-state index in [0.29, 0.717) is 0 Å². The molecule has 3 rings (SSSR count). The van der Waals surface area contributed by atoms with Gasteiger partial charge in [-0.15, -0.1) is 0 Å². The van der Waals surface area contributed by atoms with Crippen molar-refractivity contribution in [2.24, 2.45) is 23.7 Å². The second-order valence-corrected chi connectivity index (χ2v) is 9.00. The van der Waals surface area contributed by atoms with Crippen molar-refractivity contribution in [3.63, 3.8) is 0 Å². The number of allylic oxidation sites excluding steroid dienone is 1. The fraction of sp³-hybridized carbons (Fsp3) is 0.636. The second-order valence-electron chi connectivity index (χ2n) is 8.06. The fourth-order valence-electron chi connectivity index (χ4n) is 4.93. The van der Waals surface area contributed by atoms with E-state index < -0.39 is 0 Å². The van der Waals surface area contributed by atoms with Crippen molar-refractivity contribution in [2.75, 3.05) is 0 Å². The zero-order valence-electron chi connectivity index (χ0n) is 14.9. The van der Waals surface area contributed by atoms with Gasteiger partial charge in [-0.05, 0) is 97.7 Å². The molecule has 3 heteroatoms. The molecule has 0 amide bonds. The highest BCUT2D eigenvalue weighted by atomic mass is 79.9. The monoisotopic (exact) mass is 426 g/mol. The Kier molecular flexibility index (Phi) is 7.42. The Morgan fingerprint density at radius 2 is 1.64 bits per heavy atom. The average molecular weight is 428 g/mol. The summed E-state index contributed by atoms with van der Waals surface area (Å²) in [5, 5.41) is 0.227. The molecular formula is C22H29BrClF. The van der Waals surface area contributed by atoms with E-state index in [0.717, 1.165) is 35.7 Å². The van der Waals surface area contributed by atoms with Crippen LogP contribution in [0.1, 0.15) is 63.4 Å². The minimum absolute atomic E-state index is 0.227. The van der Waals surface area contributed by atoms with Crippen LogP contribution in [0.5, 0.6) is 0 Å². The maximum absolute atomic E-state index is 13.5. The molecule has 0 saturated heterocycles. The van der Waals surface area contributed by atoms with E-state index >= 15 is 0 Å². The molecule has 0 spiro atoms. The Morgan fingerprint density at radius 1 is 1.00 bits per heavy atom. The summed E-state index contributed by atoms with van der Waals surface area (Å²) in [6, 6.07) is 5.26. The lowest BCUT2D eigenvalue weighted by Gasteiger charge is -2.37. The number of aryl methyl sites for hydroxylation is 1. The number of hydrogen-bond donors (Lipinski definition) is 0. The number of rotatable bonds is 5. The fourth-order valence-corrected chi connectivity index (χ4v) is 5.48. The van der Waals surface area contributed by atoms with Gasteiger partial charge in [0.25, 0.3) is 0 Å². The molecule has 1 aromatic carbocycles. The van der Waals surface area contributed by atoms with Crippen LogP contribution >= 0.6 is 27.5 Å². The zero-order valence-corrected chi connectivity index (χ0v) is 17.2. The minimum Gasteiger partial charge on any atom is -0.205 e. The topological polar surface area (TPSA) is 0 Å². The van der Waals surface area contributed by atoms with E-state index in [1.54, 1.807) is 12.1 Å². The highest BCUT2D eigenvalue weighted by Gasteiger charge is 2.30. The van der Waals surface area contributed by atoms with Crippen molar-refractivity contribution in [1.82, 2.24) is 0 Å². The van der Waals surface area contributed by atoms with Crippen LogP contribution in [-0.4, -0.2) is 0 Å². The molecule has 0 radical (unpaired) electrons. The molecule has 0 bridgehead atoms. The molecule has 2 fully saturated rings. The van der Waals surface area contributed by atoms with Crippen molar-refractivity contribution in [2.45, 2.75) is 64.2 Å². The molecule has 0 atom stereocenters. The van der Waals surface area contributed by atoms with Gasteiger partial charge in [0.15, 0.2) is 0 Å². The third-order valence-electron chi connectivity index (χ3n) is 6.54. The van der Waals surface area contributed by atoms with Gasteiger partial charge in [-0.3, -0.25) is 0 Å². The SMILES string of the molecule is Fc1cc(CCC2CCC(C3CCC(/C=C/Br)CC3)CC2)ccc1Cl. The van der Waals surface area contributed by atoms with Gasteiger partial charge in [0.05, 0.1) is 5.02 Å². The van der Waals surface area contributed by atoms with Crippen LogP contribution in [0.15, 0.2) is 29.3 Å². The first-order chi connectivity index (χ1) is 12.2. The molecule has 2 saturated carbocycles. The van der Waals surface area contributed by atoms with Crippen molar-refractivity contribution in [1.29, 1.82) is 0 Å². The third kappa shape index (κ3) is 5.57. The molecule has 2 aliphatic rings. The van der Waals surface area contributed by atoms with Gasteiger partial charge in [0.2, 0.25) is 0 Å². The number of benzene rings is 1. The van der Waals surface area contributed by atoms with Crippen molar-refractivity contribution < 1.29 is 4.39 Å². The van der Waals surface area contributed by atoms with Gasteiger partial charge in [-0.2, -0.15) is 0 Å². The van der Waals surface area contributed by atoms with Gasteiger partial charge in [0.1, 0.15) is 5.82 Å². The molecule has 0 nitrogen and oxygen atoms in total. The first-order valence-electron chi connectivity index (χ1n) is 9.86. The molecular weight excluding hydrogens is 399 g/mol. The maximum atomic E-state index is 13.5. The smallest absolute Gasteiger partial charge is 0.142 e. The standard InChI is InChI=1S/C22H29BrClF/c23-14-13-17-5-10-20(11-6-17)19-8-3-16(4-9-19)1-2-18-7-12-21(24)22(25)15-18/h7,12-17,19-20H,1-6,8-11H2/b14-13+. The van der Waals surface area contributed by atoms with Gasteiger partial charge in [0, 0.05) is 0 Å². The van der Waals surface area contributed by atoms with Crippen LogP contribution < -0.4 is 0 Å². The normalized spacial score (nSPS) is 30.7. The van der Waals surface area contributed by atoms with Gasteiger partial charge in [-0.25, -0.2) is 4.39 Å². The summed E-state index contributed by atoms with van der Waals surface area (Å²) < 4.78 is 13.5. The summed E-state index contributed by atoms with van der Waals surface area (Å²) in [4.78, 5) is 2.04. The average Bonchev–Trinajstić information content (AvgIpc) is 2.64. The van der Waals surface area contributed by atoms with E-state index in [2.05, 4.69) is 22.0 Å². The van der Waals surface area contributed by atoms with E-state index in [9.17, 15) is 4.39 Å². The Bertz CT molecular complexity index is 569. The molecule has 1 aromatic rings. The summed E-state index contributed by atoms with van der Waals surface area (Å²) in [6.45, 7) is 0. The van der Waals surface area contributed by atoms with Crippen LogP contribution in [0, 0.1) is 29.5 Å². The van der Waals surface area contributed by atoms with Gasteiger partial charge >= 0.3 is 0 Å². The van der Waals surface area contributed by atoms with Crippen LogP contribution in [-0.2, 0) is 6.42 Å². The summed E-state index contributed by atoms with van der Waals surface area (Å²) in [5.41, 5.74) is 1.09. The van der Waals surface area contributed by atoms with Crippen LogP contribution in [0.3, 0.4) is 0 Å². The predicted octanol–water partition coefficient (Wildman–Crippen LogP) is 7.93. The number of halogens is 3. The Balaban J connectivity index is 1.39. The summed E-state index contributed by atoms with van der Waals surface area (Å²) in [5.74, 6) is 3.26. The molecule has 0 heterocycles. The van der Waals surface area contributed by atoms with Crippen molar-refractivity contribution >= 4 is 27.5 Å². The van der Waals surface area contributed by atoms with E-state index in [1.165, 1.54) is 57.8 Å². The molecule has 0 unspecified atom stereocenters. The molecule has 0 aromatic heterocycles. The summed E-state index contributed by atoms with van der Waals surface area (Å²) in [7, 11) is 0. The first kappa shape index (κ1) is 19.4. The first-order valence-corrected chi connectivity index (χ1v) is 11.2. The van der Waals surface area contributed by atoms with Crippen LogP contribution in [0.4, 0.5) is 4.39 Å². The van der Waals surface area contributed by atoms with Crippen molar-refractivity contribution in [3.8, 4) is 0 Å². The van der Waals surface area contributed by atoms with E-state index in [4.69, 9.17) is 11.6 Å².